The van der Waals surface area contributed by atoms with Crippen LogP contribution < -0.4 is 11.3 Å². The second-order valence-corrected chi connectivity index (χ2v) is 5.50. The summed E-state index contributed by atoms with van der Waals surface area (Å²) < 4.78 is 27.1. The highest BCUT2D eigenvalue weighted by atomic mass is 19.1. The molecule has 0 spiro atoms. The van der Waals surface area contributed by atoms with Crippen molar-refractivity contribution in [1.29, 1.82) is 0 Å². The fourth-order valence-corrected chi connectivity index (χ4v) is 3.70. The van der Waals surface area contributed by atoms with Crippen molar-refractivity contribution in [2.45, 2.75) is 31.7 Å². The Morgan fingerprint density at radius 3 is 2.44 bits per heavy atom. The van der Waals surface area contributed by atoms with Crippen molar-refractivity contribution in [2.75, 3.05) is 0 Å². The summed E-state index contributed by atoms with van der Waals surface area (Å²) in [6, 6.07) is 3.34. The second-order valence-electron chi connectivity index (χ2n) is 5.50. The van der Waals surface area contributed by atoms with Gasteiger partial charge in [0.15, 0.2) is 0 Å². The Hall–Kier alpha value is -1.00. The number of hydrogen-bond acceptors (Lipinski definition) is 2. The standard InChI is InChI=1S/C14H18F2N2/c15-8-5-6-12(16)11(7-8)14(18-17)13-9-3-1-2-4-10(9)13/h5-7,9-10,13-14,18H,1-4,17H2. The van der Waals surface area contributed by atoms with E-state index in [0.29, 0.717) is 23.3 Å². The maximum absolute atomic E-state index is 13.8. The zero-order valence-corrected chi connectivity index (χ0v) is 10.2. The highest BCUT2D eigenvalue weighted by Crippen LogP contribution is 2.60. The number of nitrogens with two attached hydrogens (primary N) is 1. The Morgan fingerprint density at radius 1 is 1.17 bits per heavy atom. The minimum absolute atomic E-state index is 0.256. The van der Waals surface area contributed by atoms with Crippen LogP contribution in [0, 0.1) is 29.4 Å². The molecule has 1 aromatic carbocycles. The lowest BCUT2D eigenvalue weighted by molar-refractivity contribution is 0.433. The highest BCUT2D eigenvalue weighted by Gasteiger charge is 2.54. The average Bonchev–Trinajstić information content (AvgIpc) is 3.09. The van der Waals surface area contributed by atoms with Gasteiger partial charge in [0.1, 0.15) is 11.6 Å². The van der Waals surface area contributed by atoms with Crippen molar-refractivity contribution < 1.29 is 8.78 Å². The van der Waals surface area contributed by atoms with Gasteiger partial charge in [0.05, 0.1) is 6.04 Å². The van der Waals surface area contributed by atoms with Gasteiger partial charge in [0.2, 0.25) is 0 Å². The van der Waals surface area contributed by atoms with E-state index < -0.39 is 5.82 Å². The molecule has 3 rings (SSSR count). The molecule has 0 saturated heterocycles. The van der Waals surface area contributed by atoms with Crippen molar-refractivity contribution in [3.05, 3.63) is 35.4 Å². The van der Waals surface area contributed by atoms with Gasteiger partial charge < -0.3 is 0 Å². The molecule has 3 atom stereocenters. The average molecular weight is 252 g/mol. The van der Waals surface area contributed by atoms with Gasteiger partial charge in [-0.05, 0) is 48.8 Å². The van der Waals surface area contributed by atoms with Gasteiger partial charge >= 0.3 is 0 Å². The monoisotopic (exact) mass is 252 g/mol. The van der Waals surface area contributed by atoms with E-state index in [1.165, 1.54) is 37.8 Å². The van der Waals surface area contributed by atoms with Gasteiger partial charge in [-0.2, -0.15) is 0 Å². The normalized spacial score (nSPS) is 31.8. The SMILES string of the molecule is NNC(c1cc(F)ccc1F)C1C2CCCCC21. The summed E-state index contributed by atoms with van der Waals surface area (Å²) in [5, 5.41) is 0. The van der Waals surface area contributed by atoms with Crippen molar-refractivity contribution >= 4 is 0 Å². The maximum Gasteiger partial charge on any atom is 0.128 e. The van der Waals surface area contributed by atoms with Crippen molar-refractivity contribution in [3.8, 4) is 0 Å². The first-order valence-corrected chi connectivity index (χ1v) is 6.63. The Bertz CT molecular complexity index is 437. The van der Waals surface area contributed by atoms with Crippen LogP contribution in [0.15, 0.2) is 18.2 Å². The molecule has 0 radical (unpaired) electrons. The lowest BCUT2D eigenvalue weighted by Crippen LogP contribution is -2.31. The molecule has 2 fully saturated rings. The zero-order valence-electron chi connectivity index (χ0n) is 10.2. The number of hydrogen-bond donors (Lipinski definition) is 2. The second kappa shape index (κ2) is 4.59. The van der Waals surface area contributed by atoms with Crippen molar-refractivity contribution in [2.24, 2.45) is 23.6 Å². The number of rotatable bonds is 3. The van der Waals surface area contributed by atoms with Crippen LogP contribution in [-0.2, 0) is 0 Å². The highest BCUT2D eigenvalue weighted by molar-refractivity contribution is 5.25. The van der Waals surface area contributed by atoms with E-state index in [-0.39, 0.29) is 11.9 Å². The third kappa shape index (κ3) is 1.93. The third-order valence-corrected chi connectivity index (χ3v) is 4.58. The molecule has 2 saturated carbocycles. The van der Waals surface area contributed by atoms with Gasteiger partial charge in [0, 0.05) is 5.56 Å². The van der Waals surface area contributed by atoms with Crippen molar-refractivity contribution in [1.82, 2.24) is 5.43 Å². The topological polar surface area (TPSA) is 38.0 Å². The summed E-state index contributed by atoms with van der Waals surface area (Å²) in [6.45, 7) is 0. The molecule has 2 aliphatic rings. The van der Waals surface area contributed by atoms with E-state index in [1.807, 2.05) is 0 Å². The summed E-state index contributed by atoms with van der Waals surface area (Å²) in [4.78, 5) is 0. The number of hydrazine groups is 1. The molecular weight excluding hydrogens is 234 g/mol. The molecule has 3 N–H and O–H groups in total. The summed E-state index contributed by atoms with van der Waals surface area (Å²) in [5.41, 5.74) is 3.07. The molecule has 98 valence electrons. The van der Waals surface area contributed by atoms with Crippen LogP contribution in [0.4, 0.5) is 8.78 Å². The number of nitrogens with one attached hydrogen (secondary N) is 1. The Balaban J connectivity index is 1.86. The molecule has 18 heavy (non-hydrogen) atoms. The third-order valence-electron chi connectivity index (χ3n) is 4.58. The van der Waals surface area contributed by atoms with Crippen LogP contribution in [0.1, 0.15) is 37.3 Å². The number of halogens is 2. The quantitative estimate of drug-likeness (QED) is 0.641. The van der Waals surface area contributed by atoms with Crippen LogP contribution in [0.2, 0.25) is 0 Å². The maximum atomic E-state index is 13.8. The smallest absolute Gasteiger partial charge is 0.128 e. The van der Waals surface area contributed by atoms with E-state index in [9.17, 15) is 8.78 Å². The fourth-order valence-electron chi connectivity index (χ4n) is 3.70. The molecule has 0 aromatic heterocycles. The zero-order chi connectivity index (χ0) is 12.7. The molecule has 0 aliphatic heterocycles. The van der Waals surface area contributed by atoms with E-state index in [1.54, 1.807) is 0 Å². The van der Waals surface area contributed by atoms with Crippen molar-refractivity contribution in [3.63, 3.8) is 0 Å². The van der Waals surface area contributed by atoms with E-state index >= 15 is 0 Å². The Labute approximate surface area is 106 Å². The molecule has 0 amide bonds. The minimum Gasteiger partial charge on any atom is -0.271 e. The minimum atomic E-state index is -0.407. The first-order valence-electron chi connectivity index (χ1n) is 6.63. The lowest BCUT2D eigenvalue weighted by Gasteiger charge is -2.17. The van der Waals surface area contributed by atoms with E-state index in [0.717, 1.165) is 6.07 Å². The van der Waals surface area contributed by atoms with Gasteiger partial charge in [0.25, 0.3) is 0 Å². The van der Waals surface area contributed by atoms with Crippen LogP contribution in [0.3, 0.4) is 0 Å². The van der Waals surface area contributed by atoms with Gasteiger partial charge in [-0.25, -0.2) is 8.78 Å². The van der Waals surface area contributed by atoms with Gasteiger partial charge in [-0.3, -0.25) is 11.3 Å². The summed E-state index contributed by atoms with van der Waals surface area (Å²) >= 11 is 0. The molecule has 4 heteroatoms. The largest absolute Gasteiger partial charge is 0.271 e. The number of benzene rings is 1. The molecule has 2 aliphatic carbocycles. The predicted octanol–water partition coefficient (Wildman–Crippen LogP) is 2.91. The molecule has 2 nitrogen and oxygen atoms in total. The summed E-state index contributed by atoms with van der Waals surface area (Å²) in [5.74, 6) is 6.45. The molecular formula is C14H18F2N2. The van der Waals surface area contributed by atoms with E-state index in [4.69, 9.17) is 5.84 Å². The summed E-state index contributed by atoms with van der Waals surface area (Å²) in [6.07, 6.45) is 4.90. The lowest BCUT2D eigenvalue weighted by atomic mass is 10.00. The van der Waals surface area contributed by atoms with Gasteiger partial charge in [-0.1, -0.05) is 12.8 Å². The summed E-state index contributed by atoms with van der Waals surface area (Å²) in [7, 11) is 0. The number of fused-ring (bicyclic) bond motifs is 1. The van der Waals surface area contributed by atoms with Gasteiger partial charge in [-0.15, -0.1) is 0 Å². The van der Waals surface area contributed by atoms with Crippen LogP contribution in [0.25, 0.3) is 0 Å². The first kappa shape index (κ1) is 12.1. The molecule has 0 heterocycles. The molecule has 0 bridgehead atoms. The molecule has 1 aromatic rings. The molecule has 3 unspecified atom stereocenters. The Kier molecular flexibility index (Phi) is 3.08. The van der Waals surface area contributed by atoms with Crippen LogP contribution in [-0.4, -0.2) is 0 Å². The van der Waals surface area contributed by atoms with E-state index in [2.05, 4.69) is 5.43 Å². The van der Waals surface area contributed by atoms with Crippen LogP contribution in [0.5, 0.6) is 0 Å². The first-order chi connectivity index (χ1) is 8.72. The Morgan fingerprint density at radius 2 is 1.83 bits per heavy atom. The predicted molar refractivity (Wildman–Crippen MR) is 65.4 cm³/mol. The fraction of sp³-hybridized carbons (Fsp3) is 0.571. The van der Waals surface area contributed by atoms with Crippen LogP contribution >= 0.6 is 0 Å².